The lowest BCUT2D eigenvalue weighted by Gasteiger charge is -2.35. The summed E-state index contributed by atoms with van der Waals surface area (Å²) in [6, 6.07) is 11.6. The molecule has 3 rings (SSSR count). The maximum atomic E-state index is 13.1. The number of para-hydroxylation sites is 2. The Balaban J connectivity index is 1.88. The Morgan fingerprint density at radius 2 is 1.74 bits per heavy atom. The van der Waals surface area contributed by atoms with Crippen molar-refractivity contribution >= 4 is 38.9 Å². The highest BCUT2D eigenvalue weighted by molar-refractivity contribution is 7.89. The highest BCUT2D eigenvalue weighted by Gasteiger charge is 2.25. The Labute approximate surface area is 189 Å². The van der Waals surface area contributed by atoms with Crippen molar-refractivity contribution < 1.29 is 13.2 Å². The number of rotatable bonds is 6. The monoisotopic (exact) mass is 464 g/mol. The first-order valence-electron chi connectivity index (χ1n) is 10.2. The molecular formula is C22H29ClN4O3S. The molecule has 9 heteroatoms. The van der Waals surface area contributed by atoms with Crippen LogP contribution in [-0.4, -0.2) is 69.8 Å². The number of carbonyl (C=O) groups excluding carboxylic acids is 1. The molecule has 168 valence electrons. The van der Waals surface area contributed by atoms with E-state index in [1.807, 2.05) is 24.3 Å². The van der Waals surface area contributed by atoms with Gasteiger partial charge in [-0.05, 0) is 51.2 Å². The summed E-state index contributed by atoms with van der Waals surface area (Å²) < 4.78 is 27.0. The van der Waals surface area contributed by atoms with Crippen LogP contribution in [0.3, 0.4) is 0 Å². The molecule has 2 aromatic rings. The zero-order chi connectivity index (χ0) is 22.8. The molecule has 1 amide bonds. The standard InChI is InChI=1S/C22H29ClN4O3S/c1-16(2)26(4)31(29,30)17-9-10-19(23)18(15-17)22(28)24-20-7-5-6-8-21(20)27-13-11-25(3)12-14-27/h5-10,15-16H,11-14H2,1-4H3,(H,24,28). The third-order valence-corrected chi connectivity index (χ3v) is 7.94. The van der Waals surface area contributed by atoms with Crippen molar-refractivity contribution in [3.05, 3.63) is 53.1 Å². The molecule has 1 N–H and O–H groups in total. The summed E-state index contributed by atoms with van der Waals surface area (Å²) in [6.07, 6.45) is 0. The van der Waals surface area contributed by atoms with Gasteiger partial charge in [0.15, 0.2) is 0 Å². The third kappa shape index (κ3) is 5.20. The maximum Gasteiger partial charge on any atom is 0.257 e. The topological polar surface area (TPSA) is 73.0 Å². The number of halogens is 1. The van der Waals surface area contributed by atoms with Crippen molar-refractivity contribution in [3.63, 3.8) is 0 Å². The third-order valence-electron chi connectivity index (χ3n) is 5.58. The number of nitrogens with zero attached hydrogens (tertiary/aromatic N) is 3. The molecule has 0 bridgehead atoms. The summed E-state index contributed by atoms with van der Waals surface area (Å²) in [7, 11) is -0.130. The van der Waals surface area contributed by atoms with Gasteiger partial charge in [0.1, 0.15) is 0 Å². The van der Waals surface area contributed by atoms with Crippen LogP contribution >= 0.6 is 11.6 Å². The lowest BCUT2D eigenvalue weighted by molar-refractivity contribution is 0.102. The average molecular weight is 465 g/mol. The second-order valence-electron chi connectivity index (χ2n) is 8.02. The largest absolute Gasteiger partial charge is 0.367 e. The smallest absolute Gasteiger partial charge is 0.257 e. The SMILES string of the molecule is CC(C)N(C)S(=O)(=O)c1ccc(Cl)c(C(=O)Nc2ccccc2N2CCN(C)CC2)c1. The molecule has 2 aromatic carbocycles. The Hall–Kier alpha value is -2.13. The van der Waals surface area contributed by atoms with E-state index in [1.54, 1.807) is 13.8 Å². The van der Waals surface area contributed by atoms with Crippen molar-refractivity contribution in [1.82, 2.24) is 9.21 Å². The number of hydrogen-bond acceptors (Lipinski definition) is 5. The van der Waals surface area contributed by atoms with Crippen LogP contribution in [0.5, 0.6) is 0 Å². The molecule has 0 aliphatic carbocycles. The van der Waals surface area contributed by atoms with Gasteiger partial charge in [0.25, 0.3) is 5.91 Å². The van der Waals surface area contributed by atoms with Crippen LogP contribution in [0.2, 0.25) is 5.02 Å². The predicted molar refractivity (Wildman–Crippen MR) is 126 cm³/mol. The first kappa shape index (κ1) is 23.5. The average Bonchev–Trinajstić information content (AvgIpc) is 2.74. The van der Waals surface area contributed by atoms with E-state index in [-0.39, 0.29) is 21.5 Å². The van der Waals surface area contributed by atoms with Crippen LogP contribution in [0.15, 0.2) is 47.4 Å². The van der Waals surface area contributed by atoms with Crippen LogP contribution in [0.25, 0.3) is 0 Å². The number of piperazine rings is 1. The molecule has 0 atom stereocenters. The van der Waals surface area contributed by atoms with Crippen molar-refractivity contribution in [3.8, 4) is 0 Å². The molecule has 0 spiro atoms. The predicted octanol–water partition coefficient (Wildman–Crippen LogP) is 3.37. The van der Waals surface area contributed by atoms with Crippen LogP contribution in [0.4, 0.5) is 11.4 Å². The van der Waals surface area contributed by atoms with Crippen molar-refractivity contribution in [2.24, 2.45) is 0 Å². The fraction of sp³-hybridized carbons (Fsp3) is 0.409. The highest BCUT2D eigenvalue weighted by atomic mass is 35.5. The number of hydrogen-bond donors (Lipinski definition) is 1. The number of anilines is 2. The number of nitrogens with one attached hydrogen (secondary N) is 1. The summed E-state index contributed by atoms with van der Waals surface area (Å²) in [5, 5.41) is 3.11. The molecule has 1 heterocycles. The minimum Gasteiger partial charge on any atom is -0.367 e. The zero-order valence-electron chi connectivity index (χ0n) is 18.3. The van der Waals surface area contributed by atoms with E-state index in [0.29, 0.717) is 5.69 Å². The number of carbonyl (C=O) groups is 1. The van der Waals surface area contributed by atoms with Gasteiger partial charge >= 0.3 is 0 Å². The Morgan fingerprint density at radius 1 is 1.10 bits per heavy atom. The Kier molecular flexibility index (Phi) is 7.26. The van der Waals surface area contributed by atoms with E-state index < -0.39 is 15.9 Å². The second kappa shape index (κ2) is 9.56. The zero-order valence-corrected chi connectivity index (χ0v) is 19.9. The van der Waals surface area contributed by atoms with Crippen LogP contribution in [0, 0.1) is 0 Å². The molecule has 0 unspecified atom stereocenters. The molecule has 0 radical (unpaired) electrons. The first-order chi connectivity index (χ1) is 14.6. The van der Waals surface area contributed by atoms with Gasteiger partial charge in [0.2, 0.25) is 10.0 Å². The minimum absolute atomic E-state index is 0.0330. The number of amides is 1. The van der Waals surface area contributed by atoms with Gasteiger partial charge in [-0.15, -0.1) is 0 Å². The highest BCUT2D eigenvalue weighted by Crippen LogP contribution is 2.29. The van der Waals surface area contributed by atoms with Gasteiger partial charge in [-0.1, -0.05) is 23.7 Å². The lowest BCUT2D eigenvalue weighted by Crippen LogP contribution is -2.44. The molecule has 1 aliphatic heterocycles. The van der Waals surface area contributed by atoms with Crippen LogP contribution < -0.4 is 10.2 Å². The quantitative estimate of drug-likeness (QED) is 0.709. The molecule has 1 saturated heterocycles. The summed E-state index contributed by atoms with van der Waals surface area (Å²) in [5.41, 5.74) is 1.72. The maximum absolute atomic E-state index is 13.1. The molecule has 7 nitrogen and oxygen atoms in total. The molecule has 1 fully saturated rings. The fourth-order valence-electron chi connectivity index (χ4n) is 3.37. The summed E-state index contributed by atoms with van der Waals surface area (Å²) in [5.74, 6) is -0.448. The van der Waals surface area contributed by atoms with E-state index >= 15 is 0 Å². The molecule has 1 aliphatic rings. The van der Waals surface area contributed by atoms with E-state index in [4.69, 9.17) is 11.6 Å². The van der Waals surface area contributed by atoms with Gasteiger partial charge < -0.3 is 15.1 Å². The summed E-state index contributed by atoms with van der Waals surface area (Å²) in [6.45, 7) is 7.18. The van der Waals surface area contributed by atoms with Crippen molar-refractivity contribution in [1.29, 1.82) is 0 Å². The first-order valence-corrected chi connectivity index (χ1v) is 12.0. The summed E-state index contributed by atoms with van der Waals surface area (Å²) in [4.78, 5) is 17.6. The van der Waals surface area contributed by atoms with Crippen molar-refractivity contribution in [2.75, 3.05) is 50.5 Å². The van der Waals surface area contributed by atoms with Gasteiger partial charge in [0.05, 0.1) is 26.9 Å². The summed E-state index contributed by atoms with van der Waals surface area (Å²) >= 11 is 6.27. The van der Waals surface area contributed by atoms with E-state index in [9.17, 15) is 13.2 Å². The normalized spacial score (nSPS) is 15.5. The molecule has 0 aromatic heterocycles. The van der Waals surface area contributed by atoms with Gasteiger partial charge in [-0.25, -0.2) is 8.42 Å². The Bertz CT molecular complexity index is 1050. The van der Waals surface area contributed by atoms with Crippen LogP contribution in [0.1, 0.15) is 24.2 Å². The minimum atomic E-state index is -3.73. The fourth-order valence-corrected chi connectivity index (χ4v) is 4.97. The molecule has 0 saturated carbocycles. The van der Waals surface area contributed by atoms with Gasteiger partial charge in [0, 0.05) is 39.3 Å². The molecule has 31 heavy (non-hydrogen) atoms. The lowest BCUT2D eigenvalue weighted by atomic mass is 10.1. The van der Waals surface area contributed by atoms with Gasteiger partial charge in [-0.3, -0.25) is 4.79 Å². The molecular weight excluding hydrogens is 436 g/mol. The van der Waals surface area contributed by atoms with Gasteiger partial charge in [-0.2, -0.15) is 4.31 Å². The van der Waals surface area contributed by atoms with Crippen molar-refractivity contribution in [2.45, 2.75) is 24.8 Å². The number of sulfonamides is 1. The van der Waals surface area contributed by atoms with E-state index in [0.717, 1.165) is 31.9 Å². The number of likely N-dealkylation sites (N-methyl/N-ethyl adjacent to an activating group) is 1. The number of benzene rings is 2. The van der Waals surface area contributed by atoms with E-state index in [1.165, 1.54) is 29.6 Å². The van der Waals surface area contributed by atoms with E-state index in [2.05, 4.69) is 22.2 Å². The second-order valence-corrected chi connectivity index (χ2v) is 10.4. The van der Waals surface area contributed by atoms with Crippen LogP contribution in [-0.2, 0) is 10.0 Å². The Morgan fingerprint density at radius 3 is 2.39 bits per heavy atom.